The van der Waals surface area contributed by atoms with Crippen molar-refractivity contribution in [2.45, 2.75) is 6.92 Å². The van der Waals surface area contributed by atoms with Crippen LogP contribution in [-0.4, -0.2) is 20.2 Å². The maximum absolute atomic E-state index is 13.3. The average Bonchev–Trinajstić information content (AvgIpc) is 2.91. The molecule has 7 heteroatoms. The van der Waals surface area contributed by atoms with Crippen LogP contribution >= 0.6 is 15.9 Å². The van der Waals surface area contributed by atoms with Crippen molar-refractivity contribution in [2.75, 3.05) is 5.73 Å². The predicted molar refractivity (Wildman–Crippen MR) is 81.4 cm³/mol. The SMILES string of the molecule is Cc1cc(Br)ccc1-n1nnnc1-c1ccc(F)c(N)c1. The zero-order valence-electron chi connectivity index (χ0n) is 11.1. The Bertz CT molecular complexity index is 815. The van der Waals surface area contributed by atoms with Crippen LogP contribution in [0.1, 0.15) is 5.56 Å². The molecule has 0 unspecified atom stereocenters. The van der Waals surface area contributed by atoms with Gasteiger partial charge in [-0.15, -0.1) is 5.10 Å². The van der Waals surface area contributed by atoms with Gasteiger partial charge in [-0.1, -0.05) is 15.9 Å². The highest BCUT2D eigenvalue weighted by Crippen LogP contribution is 2.25. The van der Waals surface area contributed by atoms with Crippen LogP contribution in [0.25, 0.3) is 17.1 Å². The van der Waals surface area contributed by atoms with E-state index in [0.29, 0.717) is 11.4 Å². The molecule has 0 atom stereocenters. The number of rotatable bonds is 2. The number of hydrogen-bond donors (Lipinski definition) is 1. The normalized spacial score (nSPS) is 10.8. The number of benzene rings is 2. The number of tetrazole rings is 1. The molecule has 0 radical (unpaired) electrons. The molecule has 3 rings (SSSR count). The Balaban J connectivity index is 2.14. The first-order valence-electron chi connectivity index (χ1n) is 6.16. The molecule has 5 nitrogen and oxygen atoms in total. The molecule has 3 aromatic rings. The summed E-state index contributed by atoms with van der Waals surface area (Å²) in [7, 11) is 0. The number of nitrogens with two attached hydrogens (primary N) is 1. The van der Waals surface area contributed by atoms with Crippen molar-refractivity contribution >= 4 is 21.6 Å². The smallest absolute Gasteiger partial charge is 0.187 e. The van der Waals surface area contributed by atoms with Gasteiger partial charge in [-0.25, -0.2) is 4.39 Å². The van der Waals surface area contributed by atoms with Crippen LogP contribution in [0.15, 0.2) is 40.9 Å². The number of aryl methyl sites for hydroxylation is 1. The van der Waals surface area contributed by atoms with Gasteiger partial charge in [0.15, 0.2) is 5.82 Å². The van der Waals surface area contributed by atoms with E-state index in [2.05, 4.69) is 31.5 Å². The molecule has 0 bridgehead atoms. The van der Waals surface area contributed by atoms with Crippen molar-refractivity contribution < 1.29 is 4.39 Å². The number of aromatic nitrogens is 4. The second-order valence-corrected chi connectivity index (χ2v) is 5.50. The van der Waals surface area contributed by atoms with Crippen molar-refractivity contribution in [1.82, 2.24) is 20.2 Å². The minimum atomic E-state index is -0.461. The molecule has 0 fully saturated rings. The van der Waals surface area contributed by atoms with Crippen molar-refractivity contribution in [3.8, 4) is 17.1 Å². The summed E-state index contributed by atoms with van der Waals surface area (Å²) in [6.45, 7) is 1.96. The van der Waals surface area contributed by atoms with Gasteiger partial charge in [0, 0.05) is 10.0 Å². The first-order valence-corrected chi connectivity index (χ1v) is 6.96. The molecule has 2 aromatic carbocycles. The van der Waals surface area contributed by atoms with Crippen molar-refractivity contribution in [3.05, 3.63) is 52.3 Å². The standard InChI is InChI=1S/C14H11BrFN5/c1-8-6-10(15)3-5-13(8)21-14(18-19-20-21)9-2-4-11(16)12(17)7-9/h2-7H,17H2,1H3. The number of hydrogen-bond acceptors (Lipinski definition) is 4. The van der Waals surface area contributed by atoms with E-state index in [9.17, 15) is 4.39 Å². The lowest BCUT2D eigenvalue weighted by Crippen LogP contribution is -2.02. The lowest BCUT2D eigenvalue weighted by Gasteiger charge is -2.08. The Labute approximate surface area is 128 Å². The quantitative estimate of drug-likeness (QED) is 0.723. The summed E-state index contributed by atoms with van der Waals surface area (Å²) in [6.07, 6.45) is 0. The molecule has 0 amide bonds. The van der Waals surface area contributed by atoms with Gasteiger partial charge in [0.1, 0.15) is 5.82 Å². The van der Waals surface area contributed by atoms with Crippen LogP contribution in [-0.2, 0) is 0 Å². The Morgan fingerprint density at radius 1 is 1.19 bits per heavy atom. The Kier molecular flexibility index (Phi) is 3.42. The largest absolute Gasteiger partial charge is 0.396 e. The molecule has 0 aliphatic carbocycles. The van der Waals surface area contributed by atoms with Gasteiger partial charge in [-0.05, 0) is 59.3 Å². The van der Waals surface area contributed by atoms with Crippen LogP contribution < -0.4 is 5.73 Å². The summed E-state index contributed by atoms with van der Waals surface area (Å²) in [5, 5.41) is 11.7. The highest BCUT2D eigenvalue weighted by atomic mass is 79.9. The molecule has 106 valence electrons. The molecular formula is C14H11BrFN5. The predicted octanol–water partition coefficient (Wildman–Crippen LogP) is 3.12. The molecule has 0 spiro atoms. The van der Waals surface area contributed by atoms with E-state index in [1.807, 2.05) is 25.1 Å². The van der Waals surface area contributed by atoms with Crippen LogP contribution in [0, 0.1) is 12.7 Å². The number of nitrogens with zero attached hydrogens (tertiary/aromatic N) is 4. The maximum Gasteiger partial charge on any atom is 0.187 e. The zero-order valence-corrected chi connectivity index (χ0v) is 12.7. The molecule has 0 aliphatic heterocycles. The van der Waals surface area contributed by atoms with E-state index in [0.717, 1.165) is 15.7 Å². The summed E-state index contributed by atoms with van der Waals surface area (Å²) < 4.78 is 15.9. The van der Waals surface area contributed by atoms with Gasteiger partial charge >= 0.3 is 0 Å². The monoisotopic (exact) mass is 347 g/mol. The maximum atomic E-state index is 13.3. The van der Waals surface area contributed by atoms with Crippen LogP contribution in [0.4, 0.5) is 10.1 Å². The highest BCUT2D eigenvalue weighted by molar-refractivity contribution is 9.10. The highest BCUT2D eigenvalue weighted by Gasteiger charge is 2.13. The van der Waals surface area contributed by atoms with Crippen LogP contribution in [0.3, 0.4) is 0 Å². The minimum absolute atomic E-state index is 0.0644. The summed E-state index contributed by atoms with van der Waals surface area (Å²) in [4.78, 5) is 0. The van der Waals surface area contributed by atoms with Gasteiger partial charge in [-0.2, -0.15) is 4.68 Å². The van der Waals surface area contributed by atoms with Gasteiger partial charge in [0.25, 0.3) is 0 Å². The van der Waals surface area contributed by atoms with Crippen molar-refractivity contribution in [1.29, 1.82) is 0 Å². The second-order valence-electron chi connectivity index (χ2n) is 4.58. The first kappa shape index (κ1) is 13.7. The van der Waals surface area contributed by atoms with Crippen LogP contribution in [0.2, 0.25) is 0 Å². The fourth-order valence-electron chi connectivity index (χ4n) is 2.07. The third kappa shape index (κ3) is 2.52. The molecule has 0 saturated heterocycles. The fourth-order valence-corrected chi connectivity index (χ4v) is 2.54. The fraction of sp³-hybridized carbons (Fsp3) is 0.0714. The number of anilines is 1. The average molecular weight is 348 g/mol. The molecule has 1 aromatic heterocycles. The van der Waals surface area contributed by atoms with E-state index < -0.39 is 5.82 Å². The van der Waals surface area contributed by atoms with Crippen molar-refractivity contribution in [3.63, 3.8) is 0 Å². The van der Waals surface area contributed by atoms with E-state index in [-0.39, 0.29) is 5.69 Å². The summed E-state index contributed by atoms with van der Waals surface area (Å²) >= 11 is 3.42. The molecular weight excluding hydrogens is 337 g/mol. The molecule has 0 saturated carbocycles. The number of halogens is 2. The molecule has 2 N–H and O–H groups in total. The molecule has 1 heterocycles. The van der Waals surface area contributed by atoms with Gasteiger partial charge in [0.2, 0.25) is 0 Å². The van der Waals surface area contributed by atoms with Gasteiger partial charge in [-0.3, -0.25) is 0 Å². The van der Waals surface area contributed by atoms with E-state index >= 15 is 0 Å². The van der Waals surface area contributed by atoms with Gasteiger partial charge in [0.05, 0.1) is 11.4 Å². The summed E-state index contributed by atoms with van der Waals surface area (Å²) in [5.74, 6) is 0.0460. The van der Waals surface area contributed by atoms with E-state index in [1.165, 1.54) is 12.1 Å². The summed E-state index contributed by atoms with van der Waals surface area (Å²) in [6, 6.07) is 10.2. The van der Waals surface area contributed by atoms with E-state index in [1.54, 1.807) is 10.7 Å². The Morgan fingerprint density at radius 3 is 2.71 bits per heavy atom. The lowest BCUT2D eigenvalue weighted by atomic mass is 10.1. The number of nitrogen functional groups attached to an aromatic ring is 1. The zero-order chi connectivity index (χ0) is 15.0. The Hall–Kier alpha value is -2.28. The van der Waals surface area contributed by atoms with E-state index in [4.69, 9.17) is 5.73 Å². The lowest BCUT2D eigenvalue weighted by molar-refractivity contribution is 0.632. The Morgan fingerprint density at radius 2 is 2.00 bits per heavy atom. The minimum Gasteiger partial charge on any atom is -0.396 e. The first-order chi connectivity index (χ1) is 10.1. The summed E-state index contributed by atoms with van der Waals surface area (Å²) in [5.41, 5.74) is 8.18. The second kappa shape index (κ2) is 5.25. The third-order valence-corrected chi connectivity index (χ3v) is 3.60. The van der Waals surface area contributed by atoms with Gasteiger partial charge < -0.3 is 5.73 Å². The molecule has 21 heavy (non-hydrogen) atoms. The topological polar surface area (TPSA) is 69.6 Å². The van der Waals surface area contributed by atoms with Crippen molar-refractivity contribution in [2.24, 2.45) is 0 Å². The van der Waals surface area contributed by atoms with Crippen LogP contribution in [0.5, 0.6) is 0 Å². The molecule has 0 aliphatic rings. The third-order valence-electron chi connectivity index (χ3n) is 3.11.